The van der Waals surface area contributed by atoms with Gasteiger partial charge in [0, 0.05) is 13.5 Å². The number of hydrogen-bond donors (Lipinski definition) is 0. The van der Waals surface area contributed by atoms with Crippen molar-refractivity contribution in [1.29, 1.82) is 0 Å². The van der Waals surface area contributed by atoms with E-state index in [-0.39, 0.29) is 5.97 Å². The van der Waals surface area contributed by atoms with E-state index < -0.39 is 33.8 Å². The van der Waals surface area contributed by atoms with Gasteiger partial charge in [-0.3, -0.25) is 4.79 Å². The summed E-state index contributed by atoms with van der Waals surface area (Å²) in [4.78, 5) is 10.7. The predicted molar refractivity (Wildman–Crippen MR) is 116 cm³/mol. The molecule has 1 unspecified atom stereocenters. The zero-order chi connectivity index (χ0) is 20.6. The highest BCUT2D eigenvalue weighted by Gasteiger charge is 2.44. The fraction of sp³-hybridized carbons (Fsp3) is 0.938. The molecule has 10 heteroatoms. The maximum absolute atomic E-state index is 10.7. The Kier molecular flexibility index (Phi) is 10.7. The third-order valence-corrected chi connectivity index (χ3v) is 16.5. The van der Waals surface area contributed by atoms with Gasteiger partial charge in [0.2, 0.25) is 0 Å². The fourth-order valence-corrected chi connectivity index (χ4v) is 20.8. The van der Waals surface area contributed by atoms with Crippen LogP contribution in [-0.2, 0) is 26.6 Å². The lowest BCUT2D eigenvalue weighted by atomic mass is 10.5. The third kappa shape index (κ3) is 15.3. The molecular formula is C16H40O6Si4. The van der Waals surface area contributed by atoms with Crippen LogP contribution in [0.4, 0.5) is 0 Å². The van der Waals surface area contributed by atoms with Crippen LogP contribution in [0.3, 0.4) is 0 Å². The normalized spacial score (nSPS) is 15.6. The van der Waals surface area contributed by atoms with Crippen molar-refractivity contribution in [3.05, 3.63) is 0 Å². The molecule has 0 aliphatic heterocycles. The zero-order valence-corrected chi connectivity index (χ0v) is 22.5. The Labute approximate surface area is 164 Å². The molecule has 0 amide bonds. The number of ether oxygens (including phenoxy) is 2. The van der Waals surface area contributed by atoms with E-state index in [1.165, 1.54) is 6.92 Å². The quantitative estimate of drug-likeness (QED) is 0.239. The van der Waals surface area contributed by atoms with Gasteiger partial charge in [-0.1, -0.05) is 0 Å². The first-order valence-electron chi connectivity index (χ1n) is 9.35. The minimum atomic E-state index is -2.35. The van der Waals surface area contributed by atoms with Crippen LogP contribution in [0.15, 0.2) is 0 Å². The van der Waals surface area contributed by atoms with E-state index in [1.54, 1.807) is 0 Å². The molecular weight excluding hydrogens is 401 g/mol. The lowest BCUT2D eigenvalue weighted by molar-refractivity contribution is -0.142. The summed E-state index contributed by atoms with van der Waals surface area (Å²) in [5, 5.41) is 0. The van der Waals surface area contributed by atoms with Crippen molar-refractivity contribution in [3.63, 3.8) is 0 Å². The van der Waals surface area contributed by atoms with Crippen molar-refractivity contribution in [2.75, 3.05) is 19.8 Å². The van der Waals surface area contributed by atoms with Crippen molar-refractivity contribution in [2.45, 2.75) is 78.3 Å². The molecule has 156 valence electrons. The van der Waals surface area contributed by atoms with Gasteiger partial charge in [-0.15, -0.1) is 0 Å². The Bertz CT molecular complexity index is 433. The maximum Gasteiger partial charge on any atom is 0.315 e. The van der Waals surface area contributed by atoms with Crippen LogP contribution in [0, 0.1) is 0 Å². The minimum absolute atomic E-state index is 0.278. The van der Waals surface area contributed by atoms with Gasteiger partial charge < -0.3 is 21.8 Å². The van der Waals surface area contributed by atoms with Crippen molar-refractivity contribution >= 4 is 39.7 Å². The van der Waals surface area contributed by atoms with Gasteiger partial charge in [-0.25, -0.2) is 0 Å². The summed E-state index contributed by atoms with van der Waals surface area (Å²) in [5.74, 6) is -0.278. The van der Waals surface area contributed by atoms with Crippen molar-refractivity contribution in [2.24, 2.45) is 0 Å². The summed E-state index contributed by atoms with van der Waals surface area (Å²) in [6.07, 6.45) is 0.866. The topological polar surface area (TPSA) is 63.2 Å². The Balaban J connectivity index is 4.66. The zero-order valence-electron chi connectivity index (χ0n) is 18.5. The molecule has 0 aromatic rings. The molecule has 0 N–H and O–H groups in total. The minimum Gasteiger partial charge on any atom is -0.463 e. The van der Waals surface area contributed by atoms with E-state index in [4.69, 9.17) is 21.8 Å². The van der Waals surface area contributed by atoms with Gasteiger partial charge >= 0.3 is 23.1 Å². The molecule has 1 atom stereocenters. The van der Waals surface area contributed by atoms with Crippen LogP contribution >= 0.6 is 0 Å². The molecule has 0 aromatic heterocycles. The van der Waals surface area contributed by atoms with Gasteiger partial charge in [-0.05, 0) is 71.4 Å². The second-order valence-electron chi connectivity index (χ2n) is 9.12. The van der Waals surface area contributed by atoms with Crippen LogP contribution in [0.5, 0.6) is 0 Å². The Hall–Kier alpha value is 0.178. The molecule has 0 saturated carbocycles. The summed E-state index contributed by atoms with van der Waals surface area (Å²) in [6.45, 7) is 22.3. The smallest absolute Gasteiger partial charge is 0.315 e. The molecule has 0 bridgehead atoms. The highest BCUT2D eigenvalue weighted by Crippen LogP contribution is 2.27. The second kappa shape index (κ2) is 10.6. The molecule has 0 heterocycles. The molecule has 0 saturated heterocycles. The molecule has 26 heavy (non-hydrogen) atoms. The Morgan fingerprint density at radius 1 is 0.731 bits per heavy atom. The molecule has 0 rings (SSSR count). The van der Waals surface area contributed by atoms with E-state index in [0.29, 0.717) is 19.8 Å². The summed E-state index contributed by atoms with van der Waals surface area (Å²) in [7, 11) is -7.99. The molecule has 0 aromatic carbocycles. The number of esters is 1. The number of carbonyl (C=O) groups is 1. The highest BCUT2D eigenvalue weighted by molar-refractivity contribution is 6.89. The SMILES string of the molecule is CC(=O)OCCOCCC[Si](C)(O[Si](C)(C)C)O[Si](C)(C)O[Si](C)(C)C. The summed E-state index contributed by atoms with van der Waals surface area (Å²) in [5.41, 5.74) is 0. The monoisotopic (exact) mass is 440 g/mol. The Morgan fingerprint density at radius 2 is 1.27 bits per heavy atom. The summed E-state index contributed by atoms with van der Waals surface area (Å²) < 4.78 is 29.9. The van der Waals surface area contributed by atoms with E-state index in [2.05, 4.69) is 58.9 Å². The van der Waals surface area contributed by atoms with Crippen LogP contribution in [0.2, 0.25) is 65.0 Å². The van der Waals surface area contributed by atoms with E-state index in [1.807, 2.05) is 0 Å². The van der Waals surface area contributed by atoms with Crippen LogP contribution < -0.4 is 0 Å². The van der Waals surface area contributed by atoms with Crippen LogP contribution in [0.1, 0.15) is 13.3 Å². The van der Waals surface area contributed by atoms with Gasteiger partial charge in [0.1, 0.15) is 6.61 Å². The molecule has 0 radical (unpaired) electrons. The van der Waals surface area contributed by atoms with Gasteiger partial charge in [0.25, 0.3) is 0 Å². The van der Waals surface area contributed by atoms with Crippen molar-refractivity contribution in [3.8, 4) is 0 Å². The van der Waals surface area contributed by atoms with Crippen LogP contribution in [-0.4, -0.2) is 59.5 Å². The first-order chi connectivity index (χ1) is 11.5. The van der Waals surface area contributed by atoms with Gasteiger partial charge in [0.05, 0.1) is 6.61 Å². The largest absolute Gasteiger partial charge is 0.463 e. The average molecular weight is 441 g/mol. The molecule has 6 nitrogen and oxygen atoms in total. The maximum atomic E-state index is 10.7. The molecule has 0 spiro atoms. The standard InChI is InChI=1S/C16H40O6Si4/c1-16(17)19-14-13-18-12-11-15-26(10,21-24(5,6)7)22-25(8,9)20-23(2,3)4/h11-15H2,1-10H3. The Morgan fingerprint density at radius 3 is 1.73 bits per heavy atom. The number of rotatable bonds is 13. The number of carbonyl (C=O) groups excluding carboxylic acids is 1. The summed E-state index contributed by atoms with van der Waals surface area (Å²) >= 11 is 0. The first-order valence-corrected chi connectivity index (χ1v) is 21.5. The van der Waals surface area contributed by atoms with Crippen molar-refractivity contribution in [1.82, 2.24) is 0 Å². The lowest BCUT2D eigenvalue weighted by Gasteiger charge is -2.41. The highest BCUT2D eigenvalue weighted by atomic mass is 28.5. The van der Waals surface area contributed by atoms with Crippen molar-refractivity contribution < 1.29 is 26.6 Å². The molecule has 0 fully saturated rings. The second-order valence-corrected chi connectivity index (χ2v) is 25.6. The van der Waals surface area contributed by atoms with Gasteiger partial charge in [-0.2, -0.15) is 0 Å². The summed E-state index contributed by atoms with van der Waals surface area (Å²) in [6, 6.07) is 0.871. The third-order valence-electron chi connectivity index (χ3n) is 2.99. The molecule has 0 aliphatic rings. The molecule has 0 aliphatic carbocycles. The van der Waals surface area contributed by atoms with E-state index in [9.17, 15) is 4.79 Å². The lowest BCUT2D eigenvalue weighted by Crippen LogP contribution is -2.56. The first kappa shape index (κ1) is 26.2. The van der Waals surface area contributed by atoms with E-state index >= 15 is 0 Å². The number of hydrogen-bond acceptors (Lipinski definition) is 6. The van der Waals surface area contributed by atoms with E-state index in [0.717, 1.165) is 12.5 Å². The fourth-order valence-electron chi connectivity index (χ4n) is 2.89. The van der Waals surface area contributed by atoms with Crippen LogP contribution in [0.25, 0.3) is 0 Å². The average Bonchev–Trinajstić information content (AvgIpc) is 2.30. The van der Waals surface area contributed by atoms with Gasteiger partial charge in [0.15, 0.2) is 16.6 Å². The predicted octanol–water partition coefficient (Wildman–Crippen LogP) is 4.45.